The summed E-state index contributed by atoms with van der Waals surface area (Å²) in [6.07, 6.45) is 3.16. The molecule has 4 rings (SSSR count). The number of rotatable bonds is 6. The lowest BCUT2D eigenvalue weighted by Crippen LogP contribution is -2.12. The first-order valence-electron chi connectivity index (χ1n) is 8.91. The van der Waals surface area contributed by atoms with Crippen molar-refractivity contribution in [3.63, 3.8) is 0 Å². The molecule has 3 heterocycles. The van der Waals surface area contributed by atoms with Gasteiger partial charge in [0.05, 0.1) is 5.52 Å². The highest BCUT2D eigenvalue weighted by atomic mass is 32.2. The number of carboxylic acids is 1. The van der Waals surface area contributed by atoms with E-state index in [1.54, 1.807) is 35.9 Å². The SMILES string of the molecule is Cc1nc(S(=O)(=O)n2cc(CCC(=O)O)c3cc(-c4ccsc4)ccc32)cn1C. The van der Waals surface area contributed by atoms with Gasteiger partial charge in [0, 0.05) is 31.2 Å². The zero-order chi connectivity index (χ0) is 20.8. The van der Waals surface area contributed by atoms with Crippen LogP contribution < -0.4 is 0 Å². The van der Waals surface area contributed by atoms with E-state index in [1.807, 2.05) is 29.0 Å². The van der Waals surface area contributed by atoms with Crippen LogP contribution in [-0.2, 0) is 28.3 Å². The molecule has 0 radical (unpaired) electrons. The molecule has 4 aromatic rings. The quantitative estimate of drug-likeness (QED) is 0.505. The minimum absolute atomic E-state index is 0.0407. The molecule has 0 fully saturated rings. The summed E-state index contributed by atoms with van der Waals surface area (Å²) >= 11 is 1.58. The Morgan fingerprint density at radius 1 is 1.21 bits per heavy atom. The molecule has 0 saturated heterocycles. The van der Waals surface area contributed by atoms with Crippen molar-refractivity contribution < 1.29 is 18.3 Å². The Labute approximate surface area is 171 Å². The van der Waals surface area contributed by atoms with E-state index >= 15 is 0 Å². The molecule has 0 aliphatic carbocycles. The number of hydrogen-bond acceptors (Lipinski definition) is 5. The molecule has 29 heavy (non-hydrogen) atoms. The Bertz CT molecular complexity index is 1300. The van der Waals surface area contributed by atoms with Crippen molar-refractivity contribution in [1.29, 1.82) is 0 Å². The Kier molecular flexibility index (Phi) is 4.79. The van der Waals surface area contributed by atoms with Crippen LogP contribution in [0.2, 0.25) is 0 Å². The third-order valence-electron chi connectivity index (χ3n) is 4.93. The van der Waals surface area contributed by atoms with Crippen LogP contribution in [0.15, 0.2) is 52.4 Å². The fourth-order valence-electron chi connectivity index (χ4n) is 3.27. The van der Waals surface area contributed by atoms with E-state index in [9.17, 15) is 13.2 Å². The smallest absolute Gasteiger partial charge is 0.303 e. The average molecular weight is 430 g/mol. The van der Waals surface area contributed by atoms with Gasteiger partial charge in [-0.1, -0.05) is 6.07 Å². The van der Waals surface area contributed by atoms with Gasteiger partial charge in [-0.15, -0.1) is 0 Å². The van der Waals surface area contributed by atoms with Gasteiger partial charge in [-0.25, -0.2) is 8.96 Å². The number of benzene rings is 1. The Morgan fingerprint density at radius 2 is 2.00 bits per heavy atom. The number of imidazole rings is 1. The second-order valence-electron chi connectivity index (χ2n) is 6.83. The fourth-order valence-corrected chi connectivity index (χ4v) is 5.35. The average Bonchev–Trinajstić information content (AvgIpc) is 3.39. The van der Waals surface area contributed by atoms with Gasteiger partial charge in [-0.2, -0.15) is 19.8 Å². The summed E-state index contributed by atoms with van der Waals surface area (Å²) < 4.78 is 29.4. The number of carbonyl (C=O) groups is 1. The topological polar surface area (TPSA) is 94.2 Å². The predicted octanol–water partition coefficient (Wildman–Crippen LogP) is 3.67. The van der Waals surface area contributed by atoms with Gasteiger partial charge in [-0.3, -0.25) is 4.79 Å². The van der Waals surface area contributed by atoms with Crippen molar-refractivity contribution in [2.75, 3.05) is 0 Å². The van der Waals surface area contributed by atoms with Crippen LogP contribution in [0.4, 0.5) is 0 Å². The van der Waals surface area contributed by atoms with Crippen LogP contribution in [0.25, 0.3) is 22.0 Å². The molecule has 0 spiro atoms. The lowest BCUT2D eigenvalue weighted by Gasteiger charge is -2.05. The summed E-state index contributed by atoms with van der Waals surface area (Å²) in [5.74, 6) is -0.339. The molecule has 7 nitrogen and oxygen atoms in total. The second-order valence-corrected chi connectivity index (χ2v) is 9.37. The summed E-state index contributed by atoms with van der Waals surface area (Å²) in [5.41, 5.74) is 3.18. The fraction of sp³-hybridized carbons (Fsp3) is 0.200. The molecule has 0 atom stereocenters. The van der Waals surface area contributed by atoms with E-state index in [0.717, 1.165) is 16.5 Å². The second kappa shape index (κ2) is 7.16. The first-order valence-corrected chi connectivity index (χ1v) is 11.3. The highest BCUT2D eigenvalue weighted by molar-refractivity contribution is 7.90. The molecular formula is C20H19N3O4S2. The Balaban J connectivity index is 1.91. The first kappa shape index (κ1) is 19.4. The van der Waals surface area contributed by atoms with E-state index in [0.29, 0.717) is 16.9 Å². The van der Waals surface area contributed by atoms with E-state index < -0.39 is 16.0 Å². The van der Waals surface area contributed by atoms with E-state index in [1.165, 1.54) is 16.4 Å². The summed E-state index contributed by atoms with van der Waals surface area (Å²) in [7, 11) is -2.18. The number of carboxylic acid groups (broad SMARTS) is 1. The molecule has 1 N–H and O–H groups in total. The monoisotopic (exact) mass is 429 g/mol. The van der Waals surface area contributed by atoms with Gasteiger partial charge in [0.15, 0.2) is 5.03 Å². The highest BCUT2D eigenvalue weighted by Gasteiger charge is 2.24. The van der Waals surface area contributed by atoms with Crippen LogP contribution in [-0.4, -0.2) is 33.0 Å². The van der Waals surface area contributed by atoms with Crippen LogP contribution >= 0.6 is 11.3 Å². The Hall–Kier alpha value is -2.91. The number of aliphatic carboxylic acids is 1. The van der Waals surface area contributed by atoms with Crippen molar-refractivity contribution in [2.45, 2.75) is 24.8 Å². The summed E-state index contributed by atoms with van der Waals surface area (Å²) in [6, 6.07) is 7.55. The molecule has 0 aliphatic rings. The van der Waals surface area contributed by atoms with E-state index in [4.69, 9.17) is 5.11 Å². The largest absolute Gasteiger partial charge is 0.481 e. The predicted molar refractivity (Wildman–Crippen MR) is 112 cm³/mol. The molecule has 0 bridgehead atoms. The normalized spacial score (nSPS) is 11.9. The van der Waals surface area contributed by atoms with Crippen LogP contribution in [0.5, 0.6) is 0 Å². The van der Waals surface area contributed by atoms with Gasteiger partial charge in [0.1, 0.15) is 5.82 Å². The molecule has 1 aromatic carbocycles. The number of nitrogens with zero attached hydrogens (tertiary/aromatic N) is 3. The molecule has 0 amide bonds. The molecule has 0 unspecified atom stereocenters. The number of thiophene rings is 1. The standard InChI is InChI=1S/C20H19N3O4S2/c1-13-21-19(11-22(13)2)29(26,27)23-10-15(4-6-20(24)25)17-9-14(3-5-18(17)23)16-7-8-28-12-16/h3,5,7-12H,4,6H2,1-2H3,(H,24,25). The highest BCUT2D eigenvalue weighted by Crippen LogP contribution is 2.31. The molecular weight excluding hydrogens is 410 g/mol. The van der Waals surface area contributed by atoms with Crippen molar-refractivity contribution in [2.24, 2.45) is 7.05 Å². The number of aryl methyl sites for hydroxylation is 3. The maximum atomic E-state index is 13.3. The van der Waals surface area contributed by atoms with E-state index in [2.05, 4.69) is 4.98 Å². The lowest BCUT2D eigenvalue weighted by molar-refractivity contribution is -0.136. The molecule has 0 aliphatic heterocycles. The molecule has 0 saturated carbocycles. The summed E-state index contributed by atoms with van der Waals surface area (Å²) in [6.45, 7) is 1.73. The minimum atomic E-state index is -3.91. The first-order chi connectivity index (χ1) is 13.8. The molecule has 150 valence electrons. The number of fused-ring (bicyclic) bond motifs is 1. The van der Waals surface area contributed by atoms with Gasteiger partial charge >= 0.3 is 5.97 Å². The van der Waals surface area contributed by atoms with Gasteiger partial charge in [0.25, 0.3) is 10.0 Å². The summed E-state index contributed by atoms with van der Waals surface area (Å²) in [4.78, 5) is 15.3. The van der Waals surface area contributed by atoms with Gasteiger partial charge in [0.2, 0.25) is 0 Å². The Morgan fingerprint density at radius 3 is 2.62 bits per heavy atom. The maximum Gasteiger partial charge on any atom is 0.303 e. The van der Waals surface area contributed by atoms with Crippen molar-refractivity contribution in [1.82, 2.24) is 13.5 Å². The number of hydrogen-bond donors (Lipinski definition) is 1. The summed E-state index contributed by atoms with van der Waals surface area (Å²) in [5, 5.41) is 13.8. The van der Waals surface area contributed by atoms with Gasteiger partial charge in [-0.05, 0) is 59.0 Å². The van der Waals surface area contributed by atoms with Gasteiger partial charge < -0.3 is 9.67 Å². The minimum Gasteiger partial charge on any atom is -0.481 e. The third kappa shape index (κ3) is 3.47. The van der Waals surface area contributed by atoms with Crippen LogP contribution in [0.1, 0.15) is 17.8 Å². The zero-order valence-electron chi connectivity index (χ0n) is 15.9. The van der Waals surface area contributed by atoms with Crippen LogP contribution in [0.3, 0.4) is 0 Å². The van der Waals surface area contributed by atoms with Crippen molar-refractivity contribution in [3.05, 3.63) is 58.8 Å². The van der Waals surface area contributed by atoms with Crippen LogP contribution in [0, 0.1) is 6.92 Å². The number of aromatic nitrogens is 3. The third-order valence-corrected chi connectivity index (χ3v) is 7.15. The molecule has 9 heteroatoms. The van der Waals surface area contributed by atoms with E-state index in [-0.39, 0.29) is 17.9 Å². The zero-order valence-corrected chi connectivity index (χ0v) is 17.5. The van der Waals surface area contributed by atoms with Crippen molar-refractivity contribution in [3.8, 4) is 11.1 Å². The lowest BCUT2D eigenvalue weighted by atomic mass is 10.0. The maximum absolute atomic E-state index is 13.3. The molecule has 3 aromatic heterocycles. The van der Waals surface area contributed by atoms with Crippen molar-refractivity contribution >= 4 is 38.2 Å².